The standard InChI is InChI=1S/C26H40Cl2O/c27-23(13-25-7-17-1-18(8-25)3-19(2-17)9-25)15-29-16-24(28)14-26-10-20-4-21(11-26)6-22(5-20)12-26/h17-24H,1-16H2. The zero-order valence-electron chi connectivity index (χ0n) is 18.1. The van der Waals surface area contributed by atoms with Crippen LogP contribution in [0.15, 0.2) is 0 Å². The lowest BCUT2D eigenvalue weighted by Crippen LogP contribution is -2.47. The first-order valence-corrected chi connectivity index (χ1v) is 13.7. The molecule has 0 spiro atoms. The van der Waals surface area contributed by atoms with Crippen LogP contribution in [0.1, 0.15) is 89.9 Å². The molecule has 0 aromatic carbocycles. The maximum atomic E-state index is 6.83. The molecule has 1 nitrogen and oxygen atoms in total. The van der Waals surface area contributed by atoms with Crippen molar-refractivity contribution in [3.05, 3.63) is 0 Å². The average Bonchev–Trinajstić information content (AvgIpc) is 2.58. The largest absolute Gasteiger partial charge is 0.378 e. The molecule has 0 saturated heterocycles. The zero-order valence-corrected chi connectivity index (χ0v) is 19.6. The van der Waals surface area contributed by atoms with Gasteiger partial charge in [-0.25, -0.2) is 0 Å². The second-order valence-corrected chi connectivity index (χ2v) is 14.2. The number of ether oxygens (including phenoxy) is 1. The summed E-state index contributed by atoms with van der Waals surface area (Å²) in [6, 6.07) is 0. The third kappa shape index (κ3) is 4.04. The lowest BCUT2D eigenvalue weighted by molar-refractivity contribution is -0.0634. The van der Waals surface area contributed by atoms with Crippen LogP contribution < -0.4 is 0 Å². The molecular formula is C26H40Cl2O. The summed E-state index contributed by atoms with van der Waals surface area (Å²) in [5, 5.41) is 0.351. The number of rotatable bonds is 8. The molecule has 8 aliphatic carbocycles. The Morgan fingerprint density at radius 3 is 1.10 bits per heavy atom. The third-order valence-corrected chi connectivity index (χ3v) is 10.8. The van der Waals surface area contributed by atoms with Crippen molar-refractivity contribution in [2.45, 2.75) is 101 Å². The van der Waals surface area contributed by atoms with Crippen LogP contribution in [-0.4, -0.2) is 24.0 Å². The smallest absolute Gasteiger partial charge is 0.0631 e. The molecule has 0 heterocycles. The van der Waals surface area contributed by atoms with Gasteiger partial charge in [0.2, 0.25) is 0 Å². The molecule has 2 atom stereocenters. The Bertz CT molecular complexity index is 493. The maximum Gasteiger partial charge on any atom is 0.0631 e. The molecule has 2 unspecified atom stereocenters. The van der Waals surface area contributed by atoms with Crippen molar-refractivity contribution in [2.24, 2.45) is 46.3 Å². The van der Waals surface area contributed by atoms with Crippen LogP contribution in [0, 0.1) is 46.3 Å². The molecule has 8 bridgehead atoms. The van der Waals surface area contributed by atoms with Crippen LogP contribution in [0.3, 0.4) is 0 Å². The van der Waals surface area contributed by atoms with E-state index in [1.165, 1.54) is 89.9 Å². The molecule has 8 aliphatic rings. The summed E-state index contributed by atoms with van der Waals surface area (Å²) < 4.78 is 6.12. The first kappa shape index (κ1) is 20.2. The predicted octanol–water partition coefficient (Wildman–Crippen LogP) is 7.43. The highest BCUT2D eigenvalue weighted by molar-refractivity contribution is 6.21. The van der Waals surface area contributed by atoms with Gasteiger partial charge in [-0.15, -0.1) is 23.2 Å². The highest BCUT2D eigenvalue weighted by Crippen LogP contribution is 2.63. The Hall–Kier alpha value is 0.540. The summed E-state index contributed by atoms with van der Waals surface area (Å²) >= 11 is 13.7. The number of hydrogen-bond donors (Lipinski definition) is 0. The monoisotopic (exact) mass is 438 g/mol. The fourth-order valence-electron chi connectivity index (χ4n) is 10.5. The van der Waals surface area contributed by atoms with E-state index < -0.39 is 0 Å². The van der Waals surface area contributed by atoms with Crippen LogP contribution >= 0.6 is 23.2 Å². The molecule has 29 heavy (non-hydrogen) atoms. The van der Waals surface area contributed by atoms with Gasteiger partial charge in [0.1, 0.15) is 0 Å². The Kier molecular flexibility index (Phi) is 5.25. The molecule has 8 rings (SSSR count). The van der Waals surface area contributed by atoms with Gasteiger partial charge in [0.05, 0.1) is 24.0 Å². The van der Waals surface area contributed by atoms with Crippen LogP contribution in [-0.2, 0) is 4.74 Å². The molecule has 0 amide bonds. The van der Waals surface area contributed by atoms with Gasteiger partial charge in [-0.3, -0.25) is 0 Å². The minimum atomic E-state index is 0.176. The van der Waals surface area contributed by atoms with Gasteiger partial charge in [0, 0.05) is 0 Å². The topological polar surface area (TPSA) is 9.23 Å². The second-order valence-electron chi connectivity index (χ2n) is 13.0. The quantitative estimate of drug-likeness (QED) is 0.357. The van der Waals surface area contributed by atoms with Crippen molar-refractivity contribution >= 4 is 23.2 Å². The summed E-state index contributed by atoms with van der Waals surface area (Å²) in [7, 11) is 0. The van der Waals surface area contributed by atoms with E-state index in [0.29, 0.717) is 24.0 Å². The predicted molar refractivity (Wildman–Crippen MR) is 121 cm³/mol. The van der Waals surface area contributed by atoms with Gasteiger partial charge in [0.25, 0.3) is 0 Å². The first-order valence-electron chi connectivity index (χ1n) is 12.8. The van der Waals surface area contributed by atoms with Gasteiger partial charge in [-0.2, -0.15) is 0 Å². The molecule has 8 fully saturated rings. The minimum Gasteiger partial charge on any atom is -0.378 e. The van der Waals surface area contributed by atoms with Crippen LogP contribution in [0.2, 0.25) is 0 Å². The Morgan fingerprint density at radius 2 is 0.828 bits per heavy atom. The van der Waals surface area contributed by atoms with Gasteiger partial charge in [0.15, 0.2) is 0 Å². The fourth-order valence-corrected chi connectivity index (χ4v) is 11.3. The lowest BCUT2D eigenvalue weighted by atomic mass is 9.48. The fraction of sp³-hybridized carbons (Fsp3) is 1.00. The van der Waals surface area contributed by atoms with Gasteiger partial charge in [-0.05, 0) is 136 Å². The molecule has 8 saturated carbocycles. The number of halogens is 2. The van der Waals surface area contributed by atoms with E-state index in [-0.39, 0.29) is 10.8 Å². The van der Waals surface area contributed by atoms with E-state index in [2.05, 4.69) is 0 Å². The molecule has 0 N–H and O–H groups in total. The van der Waals surface area contributed by atoms with Gasteiger partial charge >= 0.3 is 0 Å². The molecule has 164 valence electrons. The van der Waals surface area contributed by atoms with Crippen molar-refractivity contribution in [3.63, 3.8) is 0 Å². The Morgan fingerprint density at radius 1 is 0.552 bits per heavy atom. The molecular weight excluding hydrogens is 399 g/mol. The zero-order chi connectivity index (χ0) is 19.6. The van der Waals surface area contributed by atoms with Gasteiger partial charge in [-0.1, -0.05) is 0 Å². The summed E-state index contributed by atoms with van der Waals surface area (Å²) in [6.45, 7) is 1.40. The van der Waals surface area contributed by atoms with E-state index >= 15 is 0 Å². The third-order valence-electron chi connectivity index (χ3n) is 10.2. The molecule has 0 aromatic heterocycles. The van der Waals surface area contributed by atoms with Crippen molar-refractivity contribution in [3.8, 4) is 0 Å². The molecule has 0 radical (unpaired) electrons. The minimum absolute atomic E-state index is 0.176. The highest BCUT2D eigenvalue weighted by atomic mass is 35.5. The van der Waals surface area contributed by atoms with Crippen molar-refractivity contribution in [2.75, 3.05) is 13.2 Å². The lowest BCUT2D eigenvalue weighted by Gasteiger charge is -2.57. The van der Waals surface area contributed by atoms with Crippen molar-refractivity contribution in [1.29, 1.82) is 0 Å². The van der Waals surface area contributed by atoms with E-state index in [1.807, 2.05) is 0 Å². The Labute approximate surface area is 188 Å². The van der Waals surface area contributed by atoms with E-state index in [1.54, 1.807) is 0 Å². The number of hydrogen-bond acceptors (Lipinski definition) is 1. The summed E-state index contributed by atoms with van der Waals surface area (Å²) in [6.07, 6.45) is 20.2. The number of alkyl halides is 2. The van der Waals surface area contributed by atoms with Gasteiger partial charge < -0.3 is 4.74 Å². The summed E-state index contributed by atoms with van der Waals surface area (Å²) in [5.41, 5.74) is 1.12. The van der Waals surface area contributed by atoms with E-state index in [4.69, 9.17) is 27.9 Å². The molecule has 3 heteroatoms. The maximum absolute atomic E-state index is 6.83. The first-order chi connectivity index (χ1) is 14.0. The van der Waals surface area contributed by atoms with Crippen LogP contribution in [0.25, 0.3) is 0 Å². The summed E-state index contributed by atoms with van der Waals surface area (Å²) in [5.74, 6) is 6.08. The molecule has 0 aromatic rings. The average molecular weight is 440 g/mol. The SMILES string of the molecule is ClC(COCC(Cl)CC12CC3CC(CC(C3)C1)C2)CC12CC3CC(CC(C3)C1)C2. The van der Waals surface area contributed by atoms with Crippen LogP contribution in [0.4, 0.5) is 0 Å². The normalized spacial score (nSPS) is 51.5. The Balaban J connectivity index is 0.966. The van der Waals surface area contributed by atoms with Crippen molar-refractivity contribution in [1.82, 2.24) is 0 Å². The van der Waals surface area contributed by atoms with Crippen molar-refractivity contribution < 1.29 is 4.74 Å². The van der Waals surface area contributed by atoms with E-state index in [9.17, 15) is 0 Å². The van der Waals surface area contributed by atoms with Crippen LogP contribution in [0.5, 0.6) is 0 Å². The summed E-state index contributed by atoms with van der Waals surface area (Å²) in [4.78, 5) is 0. The highest BCUT2D eigenvalue weighted by Gasteiger charge is 2.52. The second kappa shape index (κ2) is 7.55. The molecule has 0 aliphatic heterocycles. The van der Waals surface area contributed by atoms with E-state index in [0.717, 1.165) is 35.5 Å².